The number of non-ortho nitro benzene ring substituents is 1. The summed E-state index contributed by atoms with van der Waals surface area (Å²) >= 11 is 6.11. The zero-order chi connectivity index (χ0) is 14.4. The fourth-order valence-corrected chi connectivity index (χ4v) is 2.95. The first-order valence-electron chi connectivity index (χ1n) is 7.33. The van der Waals surface area contributed by atoms with Gasteiger partial charge in [0.25, 0.3) is 5.69 Å². The van der Waals surface area contributed by atoms with Crippen molar-refractivity contribution >= 4 is 17.3 Å². The van der Waals surface area contributed by atoms with Gasteiger partial charge in [0.1, 0.15) is 0 Å². The van der Waals surface area contributed by atoms with Crippen molar-refractivity contribution in [1.82, 2.24) is 5.32 Å². The fourth-order valence-electron chi connectivity index (χ4n) is 2.71. The van der Waals surface area contributed by atoms with Crippen molar-refractivity contribution in [2.75, 3.05) is 0 Å². The second kappa shape index (κ2) is 7.60. The molecule has 1 fully saturated rings. The van der Waals surface area contributed by atoms with E-state index in [1.54, 1.807) is 6.07 Å². The molecule has 0 aliphatic heterocycles. The maximum Gasteiger partial charge on any atom is 0.270 e. The molecular formula is C15H21ClN2O2. The Morgan fingerprint density at radius 3 is 2.45 bits per heavy atom. The summed E-state index contributed by atoms with van der Waals surface area (Å²) in [7, 11) is 0. The van der Waals surface area contributed by atoms with Gasteiger partial charge in [0.05, 0.1) is 9.95 Å². The van der Waals surface area contributed by atoms with Gasteiger partial charge in [0.2, 0.25) is 0 Å². The van der Waals surface area contributed by atoms with Gasteiger partial charge in [-0.25, -0.2) is 0 Å². The average molecular weight is 297 g/mol. The highest BCUT2D eigenvalue weighted by atomic mass is 35.5. The summed E-state index contributed by atoms with van der Waals surface area (Å²) < 4.78 is 0. The van der Waals surface area contributed by atoms with Crippen LogP contribution in [0.5, 0.6) is 0 Å². The lowest BCUT2D eigenvalue weighted by Gasteiger charge is -2.21. The molecule has 1 aromatic rings. The monoisotopic (exact) mass is 296 g/mol. The first kappa shape index (κ1) is 15.3. The number of rotatable bonds is 4. The van der Waals surface area contributed by atoms with Crippen LogP contribution in [0.25, 0.3) is 0 Å². The zero-order valence-corrected chi connectivity index (χ0v) is 12.4. The van der Waals surface area contributed by atoms with Gasteiger partial charge in [0.15, 0.2) is 0 Å². The molecule has 0 heterocycles. The van der Waals surface area contributed by atoms with Crippen LogP contribution in [0.4, 0.5) is 5.69 Å². The van der Waals surface area contributed by atoms with E-state index in [1.165, 1.54) is 57.1 Å². The first-order valence-corrected chi connectivity index (χ1v) is 7.71. The molecule has 0 spiro atoms. The smallest absolute Gasteiger partial charge is 0.270 e. The maximum atomic E-state index is 10.7. The third kappa shape index (κ3) is 4.46. The van der Waals surface area contributed by atoms with E-state index in [-0.39, 0.29) is 5.69 Å². The summed E-state index contributed by atoms with van der Waals surface area (Å²) in [6, 6.07) is 5.23. The number of halogens is 1. The number of nitro benzene ring substituents is 1. The Morgan fingerprint density at radius 1 is 1.20 bits per heavy atom. The Hall–Kier alpha value is -1.13. The number of nitrogens with zero attached hydrogens (tertiary/aromatic N) is 1. The Labute approximate surface area is 124 Å². The molecule has 20 heavy (non-hydrogen) atoms. The second-order valence-corrected chi connectivity index (χ2v) is 5.86. The number of nitro groups is 1. The first-order chi connectivity index (χ1) is 9.66. The van der Waals surface area contributed by atoms with Gasteiger partial charge in [-0.1, -0.05) is 43.7 Å². The Kier molecular flexibility index (Phi) is 5.80. The van der Waals surface area contributed by atoms with Crippen LogP contribution in [0.3, 0.4) is 0 Å². The quantitative estimate of drug-likeness (QED) is 0.659. The predicted octanol–water partition coefficient (Wildman–Crippen LogP) is 4.45. The SMILES string of the molecule is O=[N+]([O-])c1ccc(CNC2CCCCCCC2)c(Cl)c1. The third-order valence-corrected chi connectivity index (χ3v) is 4.29. The van der Waals surface area contributed by atoms with Crippen LogP contribution in [0.1, 0.15) is 50.5 Å². The Balaban J connectivity index is 1.91. The highest BCUT2D eigenvalue weighted by Gasteiger charge is 2.13. The van der Waals surface area contributed by atoms with E-state index in [2.05, 4.69) is 5.32 Å². The molecule has 0 saturated heterocycles. The molecule has 0 atom stereocenters. The molecule has 0 aromatic heterocycles. The van der Waals surface area contributed by atoms with E-state index in [0.29, 0.717) is 17.6 Å². The minimum absolute atomic E-state index is 0.0460. The summed E-state index contributed by atoms with van der Waals surface area (Å²) in [6.45, 7) is 0.682. The second-order valence-electron chi connectivity index (χ2n) is 5.46. The molecule has 110 valence electrons. The highest BCUT2D eigenvalue weighted by Crippen LogP contribution is 2.23. The lowest BCUT2D eigenvalue weighted by atomic mass is 9.96. The van der Waals surface area contributed by atoms with Crippen molar-refractivity contribution in [3.8, 4) is 0 Å². The minimum atomic E-state index is -0.419. The van der Waals surface area contributed by atoms with Crippen molar-refractivity contribution in [2.24, 2.45) is 0 Å². The average Bonchev–Trinajstić information content (AvgIpc) is 2.38. The molecule has 1 N–H and O–H groups in total. The van der Waals surface area contributed by atoms with Crippen molar-refractivity contribution in [3.05, 3.63) is 38.9 Å². The number of benzene rings is 1. The lowest BCUT2D eigenvalue weighted by molar-refractivity contribution is -0.384. The van der Waals surface area contributed by atoms with Gasteiger partial charge in [-0.05, 0) is 24.5 Å². The normalized spacial score (nSPS) is 17.4. The van der Waals surface area contributed by atoms with Gasteiger partial charge >= 0.3 is 0 Å². The maximum absolute atomic E-state index is 10.7. The summed E-state index contributed by atoms with van der Waals surface area (Å²) in [5.74, 6) is 0. The molecule has 2 rings (SSSR count). The fraction of sp³-hybridized carbons (Fsp3) is 0.600. The summed E-state index contributed by atoms with van der Waals surface area (Å²) in [5, 5.41) is 14.7. The van der Waals surface area contributed by atoms with Gasteiger partial charge < -0.3 is 5.32 Å². The standard InChI is InChI=1S/C15H21ClN2O2/c16-15-10-14(18(19)20)9-8-12(15)11-17-13-6-4-2-1-3-5-7-13/h8-10,13,17H,1-7,11H2. The van der Waals surface area contributed by atoms with E-state index >= 15 is 0 Å². The number of nitrogens with one attached hydrogen (secondary N) is 1. The summed E-state index contributed by atoms with van der Waals surface area (Å²) in [6.07, 6.45) is 9.01. The van der Waals surface area contributed by atoms with Crippen molar-refractivity contribution in [3.63, 3.8) is 0 Å². The predicted molar refractivity (Wildman–Crippen MR) is 81.1 cm³/mol. The summed E-state index contributed by atoms with van der Waals surface area (Å²) in [5.41, 5.74) is 0.976. The largest absolute Gasteiger partial charge is 0.310 e. The van der Waals surface area contributed by atoms with Gasteiger partial charge in [-0.2, -0.15) is 0 Å². The molecule has 0 amide bonds. The molecule has 1 saturated carbocycles. The minimum Gasteiger partial charge on any atom is -0.310 e. The van der Waals surface area contributed by atoms with E-state index in [1.807, 2.05) is 0 Å². The van der Waals surface area contributed by atoms with Crippen LogP contribution in [0.2, 0.25) is 5.02 Å². The molecule has 1 aromatic carbocycles. The summed E-state index contributed by atoms with van der Waals surface area (Å²) in [4.78, 5) is 10.3. The molecule has 4 nitrogen and oxygen atoms in total. The zero-order valence-electron chi connectivity index (χ0n) is 11.6. The number of hydrogen-bond acceptors (Lipinski definition) is 3. The van der Waals surface area contributed by atoms with Crippen LogP contribution in [-0.2, 0) is 6.54 Å². The van der Waals surface area contributed by atoms with Gasteiger partial charge in [-0.15, -0.1) is 0 Å². The van der Waals surface area contributed by atoms with Crippen molar-refractivity contribution in [1.29, 1.82) is 0 Å². The Bertz CT molecular complexity index is 457. The van der Waals surface area contributed by atoms with Gasteiger partial charge in [0, 0.05) is 24.7 Å². The topological polar surface area (TPSA) is 55.2 Å². The molecule has 1 aliphatic carbocycles. The third-order valence-electron chi connectivity index (χ3n) is 3.93. The van der Waals surface area contributed by atoms with Crippen LogP contribution in [-0.4, -0.2) is 11.0 Å². The number of hydrogen-bond donors (Lipinski definition) is 1. The van der Waals surface area contributed by atoms with E-state index < -0.39 is 4.92 Å². The molecule has 0 bridgehead atoms. The van der Waals surface area contributed by atoms with Crippen LogP contribution >= 0.6 is 11.6 Å². The van der Waals surface area contributed by atoms with E-state index in [4.69, 9.17) is 11.6 Å². The highest BCUT2D eigenvalue weighted by molar-refractivity contribution is 6.31. The molecule has 0 radical (unpaired) electrons. The van der Waals surface area contributed by atoms with E-state index in [0.717, 1.165) is 5.56 Å². The van der Waals surface area contributed by atoms with Crippen LogP contribution in [0.15, 0.2) is 18.2 Å². The Morgan fingerprint density at radius 2 is 1.85 bits per heavy atom. The van der Waals surface area contributed by atoms with Crippen molar-refractivity contribution in [2.45, 2.75) is 57.5 Å². The van der Waals surface area contributed by atoms with Crippen LogP contribution in [0, 0.1) is 10.1 Å². The molecule has 0 unspecified atom stereocenters. The molecular weight excluding hydrogens is 276 g/mol. The van der Waals surface area contributed by atoms with E-state index in [9.17, 15) is 10.1 Å². The molecule has 5 heteroatoms. The molecule has 1 aliphatic rings. The van der Waals surface area contributed by atoms with Crippen LogP contribution < -0.4 is 5.32 Å². The van der Waals surface area contributed by atoms with Crippen molar-refractivity contribution < 1.29 is 4.92 Å². The lowest BCUT2D eigenvalue weighted by Crippen LogP contribution is -2.29. The van der Waals surface area contributed by atoms with Gasteiger partial charge in [-0.3, -0.25) is 10.1 Å².